The number of benzene rings is 1. The van der Waals surface area contributed by atoms with Gasteiger partial charge in [-0.2, -0.15) is 5.10 Å². The summed E-state index contributed by atoms with van der Waals surface area (Å²) in [5.41, 5.74) is 0.155. The number of carboxylic acid groups (broad SMARTS) is 1. The number of para-hydroxylation sites is 1. The van der Waals surface area contributed by atoms with Gasteiger partial charge in [0.05, 0.1) is 12.3 Å². The van der Waals surface area contributed by atoms with Crippen LogP contribution in [0.25, 0.3) is 5.69 Å². The standard InChI is InChI=1S/C31H47N4O8P/c1-8-41-44(40)21-20-33(22-24-14-9-10-15-25(24)35-19-13-17-32-35)23-31(44,26(36)37)16-11-12-18-34(27(38)42-29(2,3)4)28(39)43-30(5,6)7/h9-10,13-15,17,19H,8,11-12,16,18,20-23H2,1-7H3,(H,36,37). The Morgan fingerprint density at radius 2 is 1.66 bits per heavy atom. The minimum atomic E-state index is -3.63. The Labute approximate surface area is 260 Å². The highest BCUT2D eigenvalue weighted by Gasteiger charge is 2.58. The normalized spacial score (nSPS) is 21.1. The number of imide groups is 1. The van der Waals surface area contributed by atoms with Crippen molar-refractivity contribution in [2.24, 2.45) is 0 Å². The van der Waals surface area contributed by atoms with Gasteiger partial charge >= 0.3 is 18.2 Å². The number of rotatable bonds is 11. The molecule has 44 heavy (non-hydrogen) atoms. The van der Waals surface area contributed by atoms with Crippen LogP contribution in [0, 0.1) is 0 Å². The summed E-state index contributed by atoms with van der Waals surface area (Å²) in [4.78, 5) is 41.7. The summed E-state index contributed by atoms with van der Waals surface area (Å²) in [5, 5.41) is 13.3. The molecule has 1 aromatic carbocycles. The van der Waals surface area contributed by atoms with Crippen LogP contribution < -0.4 is 0 Å². The average molecular weight is 635 g/mol. The molecule has 1 aliphatic rings. The molecule has 1 aromatic heterocycles. The first-order valence-electron chi connectivity index (χ1n) is 15.0. The fourth-order valence-corrected chi connectivity index (χ4v) is 8.22. The molecular weight excluding hydrogens is 587 g/mol. The van der Waals surface area contributed by atoms with Crippen molar-refractivity contribution in [3.05, 3.63) is 48.3 Å². The first-order valence-corrected chi connectivity index (χ1v) is 16.8. The Bertz CT molecular complexity index is 1310. The Hall–Kier alpha value is -3.21. The number of carbonyl (C=O) groups excluding carboxylic acids is 2. The summed E-state index contributed by atoms with van der Waals surface area (Å²) < 4.78 is 32.6. The summed E-state index contributed by atoms with van der Waals surface area (Å²) in [5.74, 6) is -1.18. The molecule has 2 amide bonds. The highest BCUT2D eigenvalue weighted by atomic mass is 31.2. The zero-order valence-corrected chi connectivity index (χ0v) is 27.8. The van der Waals surface area contributed by atoms with Crippen LogP contribution in [-0.4, -0.2) is 91.6 Å². The molecule has 13 heteroatoms. The molecule has 1 fully saturated rings. The van der Waals surface area contributed by atoms with E-state index >= 15 is 0 Å². The van der Waals surface area contributed by atoms with E-state index < -0.39 is 41.9 Å². The first kappa shape index (κ1) is 35.3. The van der Waals surface area contributed by atoms with Gasteiger partial charge in [-0.25, -0.2) is 19.2 Å². The molecule has 1 N–H and O–H groups in total. The largest absolute Gasteiger partial charge is 0.480 e. The van der Waals surface area contributed by atoms with Gasteiger partial charge in [-0.05, 0) is 85.4 Å². The minimum absolute atomic E-state index is 0.0227. The van der Waals surface area contributed by atoms with Crippen molar-refractivity contribution in [3.8, 4) is 5.69 Å². The fraction of sp³-hybridized carbons (Fsp3) is 0.613. The molecule has 0 spiro atoms. The number of nitrogens with zero attached hydrogens (tertiary/aromatic N) is 4. The zero-order valence-electron chi connectivity index (χ0n) is 26.9. The maximum absolute atomic E-state index is 14.2. The SMILES string of the molecule is CCOP1(=O)CCN(Cc2ccccc2-n2cccn2)CC1(CCCCN(C(=O)OC(C)(C)C)C(=O)OC(C)(C)C)C(=O)O. The quantitative estimate of drug-likeness (QED) is 0.225. The van der Waals surface area contributed by atoms with E-state index in [9.17, 15) is 24.1 Å². The third-order valence-electron chi connectivity index (χ3n) is 7.17. The van der Waals surface area contributed by atoms with Crippen LogP contribution in [0.4, 0.5) is 9.59 Å². The van der Waals surface area contributed by atoms with Crippen molar-refractivity contribution in [1.82, 2.24) is 19.6 Å². The molecule has 244 valence electrons. The number of aromatic nitrogens is 2. The Morgan fingerprint density at radius 1 is 1.02 bits per heavy atom. The minimum Gasteiger partial charge on any atom is -0.480 e. The average Bonchev–Trinajstić information content (AvgIpc) is 3.43. The molecule has 1 saturated heterocycles. The number of hydrogen-bond acceptors (Lipinski definition) is 9. The van der Waals surface area contributed by atoms with E-state index in [0.29, 0.717) is 13.1 Å². The molecule has 12 nitrogen and oxygen atoms in total. The molecule has 0 radical (unpaired) electrons. The van der Waals surface area contributed by atoms with Crippen LogP contribution >= 0.6 is 7.37 Å². The lowest BCUT2D eigenvalue weighted by Crippen LogP contribution is -2.54. The second-order valence-corrected chi connectivity index (χ2v) is 15.9. The number of carbonyl (C=O) groups is 3. The van der Waals surface area contributed by atoms with E-state index in [4.69, 9.17) is 14.0 Å². The van der Waals surface area contributed by atoms with E-state index in [2.05, 4.69) is 5.10 Å². The summed E-state index contributed by atoms with van der Waals surface area (Å²) in [6, 6.07) is 9.58. The van der Waals surface area contributed by atoms with Crippen molar-refractivity contribution in [1.29, 1.82) is 0 Å². The Kier molecular flexibility index (Phi) is 11.4. The molecule has 2 aromatic rings. The predicted octanol–water partition coefficient (Wildman–Crippen LogP) is 6.17. The van der Waals surface area contributed by atoms with Gasteiger partial charge in [0.2, 0.25) is 7.37 Å². The summed E-state index contributed by atoms with van der Waals surface area (Å²) >= 11 is 0. The van der Waals surface area contributed by atoms with Gasteiger partial charge in [-0.3, -0.25) is 14.3 Å². The molecule has 0 saturated carbocycles. The molecule has 1 aliphatic heterocycles. The van der Waals surface area contributed by atoms with Gasteiger partial charge in [0.1, 0.15) is 11.2 Å². The van der Waals surface area contributed by atoms with Gasteiger partial charge in [-0.15, -0.1) is 0 Å². The summed E-state index contributed by atoms with van der Waals surface area (Å²) in [6.45, 7) is 12.8. The van der Waals surface area contributed by atoms with Crippen LogP contribution in [0.3, 0.4) is 0 Å². The van der Waals surface area contributed by atoms with Crippen LogP contribution in [0.15, 0.2) is 42.7 Å². The van der Waals surface area contributed by atoms with E-state index in [1.165, 1.54) is 0 Å². The molecule has 3 rings (SSSR count). The third-order valence-corrected chi connectivity index (χ3v) is 10.5. The smallest absolute Gasteiger partial charge is 0.419 e. The lowest BCUT2D eigenvalue weighted by atomic mass is 9.99. The topological polar surface area (TPSA) is 140 Å². The molecule has 2 atom stereocenters. The van der Waals surface area contributed by atoms with Gasteiger partial charge in [0.15, 0.2) is 5.16 Å². The van der Waals surface area contributed by atoms with Crippen molar-refractivity contribution in [3.63, 3.8) is 0 Å². The molecule has 0 bridgehead atoms. The number of aliphatic carboxylic acids is 1. The monoisotopic (exact) mass is 634 g/mol. The Morgan fingerprint density at radius 3 is 2.20 bits per heavy atom. The number of unbranched alkanes of at least 4 members (excludes halogenated alkanes) is 1. The van der Waals surface area contributed by atoms with Crippen molar-refractivity contribution in [2.75, 3.05) is 32.4 Å². The lowest BCUT2D eigenvalue weighted by Gasteiger charge is -2.45. The van der Waals surface area contributed by atoms with E-state index in [0.717, 1.165) is 16.2 Å². The number of ether oxygens (including phenoxy) is 2. The highest BCUT2D eigenvalue weighted by Crippen LogP contribution is 2.63. The van der Waals surface area contributed by atoms with Gasteiger partial charge in [0.25, 0.3) is 0 Å². The molecular formula is C31H47N4O8P. The van der Waals surface area contributed by atoms with Gasteiger partial charge < -0.3 is 19.1 Å². The number of carboxylic acids is 1. The second kappa shape index (κ2) is 14.3. The maximum Gasteiger partial charge on any atom is 0.419 e. The highest BCUT2D eigenvalue weighted by molar-refractivity contribution is 7.62. The fourth-order valence-electron chi connectivity index (χ4n) is 5.24. The second-order valence-electron chi connectivity index (χ2n) is 13.0. The van der Waals surface area contributed by atoms with Crippen LogP contribution in [0.1, 0.15) is 73.3 Å². The van der Waals surface area contributed by atoms with Gasteiger partial charge in [-0.1, -0.05) is 18.2 Å². The van der Waals surface area contributed by atoms with Gasteiger partial charge in [0, 0.05) is 44.7 Å². The van der Waals surface area contributed by atoms with E-state index in [1.807, 2.05) is 41.4 Å². The van der Waals surface area contributed by atoms with E-state index in [1.54, 1.807) is 59.3 Å². The molecule has 2 heterocycles. The lowest BCUT2D eigenvalue weighted by molar-refractivity contribution is -0.141. The first-order chi connectivity index (χ1) is 20.5. The van der Waals surface area contributed by atoms with Crippen LogP contribution in [0.2, 0.25) is 0 Å². The third kappa shape index (κ3) is 8.92. The number of hydrogen-bond donors (Lipinski definition) is 1. The molecule has 2 unspecified atom stereocenters. The van der Waals surface area contributed by atoms with E-state index in [-0.39, 0.29) is 45.1 Å². The summed E-state index contributed by atoms with van der Waals surface area (Å²) in [7, 11) is -3.63. The molecule has 0 aliphatic carbocycles. The maximum atomic E-state index is 14.2. The summed E-state index contributed by atoms with van der Waals surface area (Å²) in [6.07, 6.45) is 2.49. The van der Waals surface area contributed by atoms with Crippen molar-refractivity contribution in [2.45, 2.75) is 90.6 Å². The Balaban J connectivity index is 1.81. The number of amides is 2. The van der Waals surface area contributed by atoms with Crippen molar-refractivity contribution >= 4 is 25.5 Å². The van der Waals surface area contributed by atoms with Crippen LogP contribution in [-0.2, 0) is 29.9 Å². The predicted molar refractivity (Wildman–Crippen MR) is 166 cm³/mol. The zero-order chi connectivity index (χ0) is 32.8. The van der Waals surface area contributed by atoms with Crippen LogP contribution in [0.5, 0.6) is 0 Å². The van der Waals surface area contributed by atoms with Crippen molar-refractivity contribution < 1.29 is 38.1 Å².